The van der Waals surface area contributed by atoms with Crippen LogP contribution >= 0.6 is 22.7 Å². The van der Waals surface area contributed by atoms with Crippen molar-refractivity contribution in [2.75, 3.05) is 12.1 Å². The molecule has 0 aliphatic heterocycles. The van der Waals surface area contributed by atoms with Crippen LogP contribution in [-0.4, -0.2) is 55.7 Å². The molecule has 54 heavy (non-hydrogen) atoms. The first-order valence-corrected chi connectivity index (χ1v) is 18.8. The van der Waals surface area contributed by atoms with Crippen LogP contribution in [0.2, 0.25) is 0 Å². The van der Waals surface area contributed by atoms with E-state index in [1.807, 2.05) is 24.3 Å². The molecule has 7 rings (SSSR count). The molecule has 1 N–H and O–H groups in total. The molecule has 5 aromatic heterocycles. The maximum Gasteiger partial charge on any atom is 0.511 e. The van der Waals surface area contributed by atoms with Gasteiger partial charge in [0.2, 0.25) is 6.79 Å². The van der Waals surface area contributed by atoms with Gasteiger partial charge in [0.1, 0.15) is 28.7 Å². The number of nitrogens with one attached hydrogen (secondary N) is 1. The maximum atomic E-state index is 14.3. The van der Waals surface area contributed by atoms with E-state index >= 15 is 0 Å². The third-order valence-electron chi connectivity index (χ3n) is 8.57. The van der Waals surface area contributed by atoms with Gasteiger partial charge in [-0.1, -0.05) is 42.8 Å². The number of hydrogen-bond acceptors (Lipinski definition) is 15. The van der Waals surface area contributed by atoms with Gasteiger partial charge in [-0.3, -0.25) is 14.6 Å². The molecule has 1 saturated carbocycles. The molecule has 5 heterocycles. The SMILES string of the molecule is CCn1nc(-c2cccs2)c(C(=O)On2nc(-c3cccs3)c(C(=O)OCOC(=O)OC3CCCCC3)cc2=O)c(Nc2cncc3ccccc23)c1=O. The Hall–Kier alpha value is -6.20. The van der Waals surface area contributed by atoms with E-state index in [4.69, 9.17) is 19.0 Å². The highest BCUT2D eigenvalue weighted by molar-refractivity contribution is 7.13. The summed E-state index contributed by atoms with van der Waals surface area (Å²) in [6, 6.07) is 15.1. The lowest BCUT2D eigenvalue weighted by atomic mass is 9.98. The lowest BCUT2D eigenvalue weighted by Crippen LogP contribution is -2.36. The minimum absolute atomic E-state index is 0.0506. The lowest BCUT2D eigenvalue weighted by Gasteiger charge is -2.21. The van der Waals surface area contributed by atoms with Crippen molar-refractivity contribution < 1.29 is 33.4 Å². The van der Waals surface area contributed by atoms with Crippen LogP contribution in [0.5, 0.6) is 0 Å². The van der Waals surface area contributed by atoms with E-state index in [2.05, 4.69) is 20.5 Å². The number of ether oxygens (including phenoxy) is 3. The van der Waals surface area contributed by atoms with Gasteiger partial charge < -0.3 is 24.4 Å². The molecule has 1 fully saturated rings. The fourth-order valence-corrected chi connectivity index (χ4v) is 7.42. The van der Waals surface area contributed by atoms with Crippen LogP contribution in [0.4, 0.5) is 16.2 Å². The van der Waals surface area contributed by atoms with Crippen molar-refractivity contribution in [1.29, 1.82) is 0 Å². The molecular formula is C37H32N6O9S2. The van der Waals surface area contributed by atoms with E-state index < -0.39 is 36.0 Å². The van der Waals surface area contributed by atoms with Crippen LogP contribution in [0.25, 0.3) is 31.9 Å². The number of carbonyl (C=O) groups is 3. The zero-order chi connectivity index (χ0) is 37.6. The summed E-state index contributed by atoms with van der Waals surface area (Å²) in [7, 11) is 0. The van der Waals surface area contributed by atoms with Crippen LogP contribution in [0, 0.1) is 0 Å². The fraction of sp³-hybridized carbons (Fsp3) is 0.243. The van der Waals surface area contributed by atoms with Gasteiger partial charge in [0.05, 0.1) is 27.2 Å². The van der Waals surface area contributed by atoms with Crippen molar-refractivity contribution in [3.05, 3.63) is 110 Å². The molecule has 276 valence electrons. The van der Waals surface area contributed by atoms with Gasteiger partial charge in [0.15, 0.2) is 0 Å². The Balaban J connectivity index is 1.22. The quantitative estimate of drug-likeness (QED) is 0.112. The number of rotatable bonds is 11. The van der Waals surface area contributed by atoms with Gasteiger partial charge in [0.25, 0.3) is 5.56 Å². The van der Waals surface area contributed by atoms with Gasteiger partial charge in [-0.25, -0.2) is 19.1 Å². The number of aromatic nitrogens is 5. The van der Waals surface area contributed by atoms with Crippen molar-refractivity contribution >= 4 is 62.9 Å². The predicted molar refractivity (Wildman–Crippen MR) is 200 cm³/mol. The maximum absolute atomic E-state index is 14.3. The van der Waals surface area contributed by atoms with Crippen LogP contribution in [-0.2, 0) is 20.8 Å². The second kappa shape index (κ2) is 16.2. The molecule has 0 spiro atoms. The van der Waals surface area contributed by atoms with E-state index in [1.54, 1.807) is 48.1 Å². The van der Waals surface area contributed by atoms with E-state index in [1.165, 1.54) is 33.6 Å². The van der Waals surface area contributed by atoms with Crippen molar-refractivity contribution in [1.82, 2.24) is 24.7 Å². The normalized spacial score (nSPS) is 13.0. The van der Waals surface area contributed by atoms with Gasteiger partial charge in [-0.05, 0) is 60.3 Å². The number of nitrogens with zero attached hydrogens (tertiary/aromatic N) is 5. The van der Waals surface area contributed by atoms with Crippen LogP contribution < -0.4 is 21.3 Å². The van der Waals surface area contributed by atoms with Gasteiger partial charge in [0, 0.05) is 29.6 Å². The van der Waals surface area contributed by atoms with E-state index in [0.29, 0.717) is 20.3 Å². The summed E-state index contributed by atoms with van der Waals surface area (Å²) in [6.07, 6.45) is 6.42. The molecule has 0 unspecified atom stereocenters. The Bertz CT molecular complexity index is 2430. The van der Waals surface area contributed by atoms with E-state index in [0.717, 1.165) is 48.9 Å². The number of thiophene rings is 2. The Labute approximate surface area is 314 Å². The Morgan fingerprint density at radius 3 is 2.33 bits per heavy atom. The minimum Gasteiger partial charge on any atom is -0.431 e. The average molecular weight is 769 g/mol. The summed E-state index contributed by atoms with van der Waals surface area (Å²) in [4.78, 5) is 78.3. The molecule has 0 saturated heterocycles. The molecule has 17 heteroatoms. The average Bonchev–Trinajstić information content (AvgIpc) is 3.93. The second-order valence-electron chi connectivity index (χ2n) is 12.0. The first-order chi connectivity index (χ1) is 26.3. The van der Waals surface area contributed by atoms with E-state index in [9.17, 15) is 24.0 Å². The number of carbonyl (C=O) groups excluding carboxylic acids is 3. The van der Waals surface area contributed by atoms with Crippen molar-refractivity contribution in [2.45, 2.75) is 51.7 Å². The highest BCUT2D eigenvalue weighted by Crippen LogP contribution is 2.32. The van der Waals surface area contributed by atoms with Gasteiger partial charge >= 0.3 is 23.7 Å². The molecule has 0 radical (unpaired) electrons. The monoisotopic (exact) mass is 768 g/mol. The lowest BCUT2D eigenvalue weighted by molar-refractivity contribution is -0.0429. The molecule has 0 atom stereocenters. The number of pyridine rings is 1. The number of esters is 1. The summed E-state index contributed by atoms with van der Waals surface area (Å²) in [6.45, 7) is 1.16. The molecule has 1 aliphatic carbocycles. The predicted octanol–water partition coefficient (Wildman–Crippen LogP) is 6.44. The van der Waals surface area contributed by atoms with Crippen molar-refractivity contribution in [3.8, 4) is 21.1 Å². The fourth-order valence-electron chi connectivity index (χ4n) is 5.98. The number of aryl methyl sites for hydroxylation is 1. The Morgan fingerprint density at radius 2 is 1.61 bits per heavy atom. The summed E-state index contributed by atoms with van der Waals surface area (Å²) >= 11 is 2.48. The molecule has 6 aromatic rings. The summed E-state index contributed by atoms with van der Waals surface area (Å²) in [5.74, 6) is -2.15. The summed E-state index contributed by atoms with van der Waals surface area (Å²) in [5.41, 5.74) is -1.80. The molecule has 15 nitrogen and oxygen atoms in total. The smallest absolute Gasteiger partial charge is 0.431 e. The number of hydrogen-bond donors (Lipinski definition) is 1. The largest absolute Gasteiger partial charge is 0.511 e. The van der Waals surface area contributed by atoms with Crippen LogP contribution in [0.3, 0.4) is 0 Å². The third kappa shape index (κ3) is 7.77. The zero-order valence-electron chi connectivity index (χ0n) is 28.8. The highest BCUT2D eigenvalue weighted by atomic mass is 32.1. The van der Waals surface area contributed by atoms with Crippen LogP contribution in [0.1, 0.15) is 59.7 Å². The Kier molecular flexibility index (Phi) is 10.9. The first-order valence-electron chi connectivity index (χ1n) is 17.0. The van der Waals surface area contributed by atoms with Crippen LogP contribution in [0.15, 0.2) is 87.3 Å². The standard InChI is InChI=1S/C37H32N6O9S2/c1-2-42-34(45)33(39-26-20-38-19-22-10-6-7-13-24(22)26)30(32(40-42)28-15-9-17-54-28)36(47)52-43-29(44)18-25(31(41-43)27-14-8-16-53-27)35(46)49-21-50-37(48)51-23-11-4-3-5-12-23/h6-10,13-20,23,39H,2-5,11-12,21H2,1H3. The molecule has 1 aromatic carbocycles. The van der Waals surface area contributed by atoms with Gasteiger partial charge in [-0.15, -0.1) is 27.8 Å². The molecule has 1 aliphatic rings. The summed E-state index contributed by atoms with van der Waals surface area (Å²) < 4.78 is 16.6. The zero-order valence-corrected chi connectivity index (χ0v) is 30.4. The topological polar surface area (TPSA) is 183 Å². The molecular weight excluding hydrogens is 737 g/mol. The number of fused-ring (bicyclic) bond motifs is 1. The highest BCUT2D eigenvalue weighted by Gasteiger charge is 2.29. The number of benzene rings is 1. The summed E-state index contributed by atoms with van der Waals surface area (Å²) in [5, 5.41) is 16.9. The second-order valence-corrected chi connectivity index (χ2v) is 13.9. The number of anilines is 2. The Morgan fingerprint density at radius 1 is 0.870 bits per heavy atom. The van der Waals surface area contributed by atoms with Gasteiger partial charge in [-0.2, -0.15) is 5.10 Å². The first kappa shape index (κ1) is 36.2. The van der Waals surface area contributed by atoms with E-state index in [-0.39, 0.29) is 40.9 Å². The van der Waals surface area contributed by atoms with Crippen molar-refractivity contribution in [3.63, 3.8) is 0 Å². The van der Waals surface area contributed by atoms with Crippen molar-refractivity contribution in [2.24, 2.45) is 0 Å². The molecule has 0 amide bonds. The third-order valence-corrected chi connectivity index (χ3v) is 10.3. The minimum atomic E-state index is -1.13. The molecule has 0 bridgehead atoms.